The standard InChI is InChI=1S/C13H21N3OS/c1-3-17-13-8-12(15-10(2)16-13)14-9-11-6-4-5-7-18-11/h8,11H,3-7,9H2,1-2H3,(H,14,15,16). The zero-order valence-corrected chi connectivity index (χ0v) is 11.9. The van der Waals surface area contributed by atoms with Crippen LogP contribution in [-0.4, -0.2) is 34.1 Å². The lowest BCUT2D eigenvalue weighted by Crippen LogP contribution is -2.20. The fourth-order valence-electron chi connectivity index (χ4n) is 2.04. The van der Waals surface area contributed by atoms with Gasteiger partial charge in [0, 0.05) is 17.9 Å². The van der Waals surface area contributed by atoms with E-state index in [0.717, 1.165) is 18.2 Å². The lowest BCUT2D eigenvalue weighted by atomic mass is 10.2. The Labute approximate surface area is 113 Å². The molecular formula is C13H21N3OS. The van der Waals surface area contributed by atoms with Crippen LogP contribution in [0.3, 0.4) is 0 Å². The Hall–Kier alpha value is -0.970. The van der Waals surface area contributed by atoms with Gasteiger partial charge in [-0.3, -0.25) is 0 Å². The van der Waals surface area contributed by atoms with Crippen molar-refractivity contribution in [3.05, 3.63) is 11.9 Å². The van der Waals surface area contributed by atoms with Gasteiger partial charge in [0.25, 0.3) is 0 Å². The molecule has 0 spiro atoms. The molecule has 0 saturated carbocycles. The monoisotopic (exact) mass is 267 g/mol. The maximum Gasteiger partial charge on any atom is 0.218 e. The van der Waals surface area contributed by atoms with Crippen LogP contribution in [0.2, 0.25) is 0 Å². The first-order valence-electron chi connectivity index (χ1n) is 6.62. The number of ether oxygens (including phenoxy) is 1. The third-order valence-corrected chi connectivity index (χ3v) is 4.29. The van der Waals surface area contributed by atoms with Crippen molar-refractivity contribution in [2.24, 2.45) is 0 Å². The second-order valence-electron chi connectivity index (χ2n) is 4.44. The topological polar surface area (TPSA) is 47.0 Å². The minimum atomic E-state index is 0.633. The van der Waals surface area contributed by atoms with E-state index in [9.17, 15) is 0 Å². The summed E-state index contributed by atoms with van der Waals surface area (Å²) < 4.78 is 5.42. The molecule has 1 fully saturated rings. The lowest BCUT2D eigenvalue weighted by molar-refractivity contribution is 0.325. The SMILES string of the molecule is CCOc1cc(NCC2CCCCS2)nc(C)n1. The quantitative estimate of drug-likeness (QED) is 0.889. The van der Waals surface area contributed by atoms with Gasteiger partial charge in [-0.15, -0.1) is 0 Å². The summed E-state index contributed by atoms with van der Waals surface area (Å²) in [5.41, 5.74) is 0. The number of hydrogen-bond donors (Lipinski definition) is 1. The van der Waals surface area contributed by atoms with Crippen molar-refractivity contribution < 1.29 is 4.74 Å². The van der Waals surface area contributed by atoms with Crippen LogP contribution in [0, 0.1) is 6.92 Å². The fourth-order valence-corrected chi connectivity index (χ4v) is 3.28. The van der Waals surface area contributed by atoms with Crippen LogP contribution in [0.4, 0.5) is 5.82 Å². The second-order valence-corrected chi connectivity index (χ2v) is 5.85. The molecule has 4 nitrogen and oxygen atoms in total. The summed E-state index contributed by atoms with van der Waals surface area (Å²) in [7, 11) is 0. The molecule has 1 aliphatic heterocycles. The lowest BCUT2D eigenvalue weighted by Gasteiger charge is -2.21. The number of hydrogen-bond acceptors (Lipinski definition) is 5. The van der Waals surface area contributed by atoms with Crippen molar-refractivity contribution >= 4 is 17.6 Å². The van der Waals surface area contributed by atoms with Crippen molar-refractivity contribution in [2.45, 2.75) is 38.4 Å². The first-order chi connectivity index (χ1) is 8.78. The molecule has 2 rings (SSSR count). The van der Waals surface area contributed by atoms with E-state index in [1.807, 2.05) is 19.9 Å². The van der Waals surface area contributed by atoms with Crippen LogP contribution in [-0.2, 0) is 0 Å². The summed E-state index contributed by atoms with van der Waals surface area (Å²) >= 11 is 2.06. The van der Waals surface area contributed by atoms with Crippen molar-refractivity contribution in [3.63, 3.8) is 0 Å². The molecule has 1 unspecified atom stereocenters. The molecule has 0 radical (unpaired) electrons. The minimum Gasteiger partial charge on any atom is -0.478 e. The maximum atomic E-state index is 5.42. The molecule has 0 aliphatic carbocycles. The van der Waals surface area contributed by atoms with Crippen molar-refractivity contribution in [2.75, 3.05) is 24.2 Å². The summed E-state index contributed by atoms with van der Waals surface area (Å²) in [6, 6.07) is 1.88. The van der Waals surface area contributed by atoms with Gasteiger partial charge in [-0.1, -0.05) is 6.42 Å². The molecule has 1 aromatic rings. The minimum absolute atomic E-state index is 0.633. The van der Waals surface area contributed by atoms with Crippen molar-refractivity contribution in [1.82, 2.24) is 9.97 Å². The van der Waals surface area contributed by atoms with E-state index in [4.69, 9.17) is 4.74 Å². The maximum absolute atomic E-state index is 5.42. The van der Waals surface area contributed by atoms with Crippen LogP contribution in [0.15, 0.2) is 6.07 Å². The van der Waals surface area contributed by atoms with Crippen LogP contribution in [0.1, 0.15) is 32.0 Å². The largest absolute Gasteiger partial charge is 0.478 e. The van der Waals surface area contributed by atoms with Crippen molar-refractivity contribution in [3.8, 4) is 5.88 Å². The third kappa shape index (κ3) is 4.05. The molecular weight excluding hydrogens is 246 g/mol. The van der Waals surface area contributed by atoms with Crippen molar-refractivity contribution in [1.29, 1.82) is 0 Å². The zero-order valence-electron chi connectivity index (χ0n) is 11.1. The fraction of sp³-hybridized carbons (Fsp3) is 0.692. The predicted octanol–water partition coefficient (Wildman–Crippen LogP) is 2.88. The van der Waals surface area contributed by atoms with Crippen LogP contribution in [0.5, 0.6) is 5.88 Å². The summed E-state index contributed by atoms with van der Waals surface area (Å²) in [6.07, 6.45) is 4.02. The first kappa shape index (κ1) is 13.5. The van der Waals surface area contributed by atoms with Crippen LogP contribution < -0.4 is 10.1 Å². The van der Waals surface area contributed by atoms with E-state index < -0.39 is 0 Å². The Bertz CT molecular complexity index is 380. The number of aryl methyl sites for hydroxylation is 1. The van der Waals surface area contributed by atoms with Gasteiger partial charge in [0.05, 0.1) is 6.61 Å². The Morgan fingerprint density at radius 2 is 2.33 bits per heavy atom. The van der Waals surface area contributed by atoms with Crippen LogP contribution >= 0.6 is 11.8 Å². The Kier molecular flexibility index (Phi) is 5.11. The van der Waals surface area contributed by atoms with Gasteiger partial charge in [-0.2, -0.15) is 16.7 Å². The molecule has 0 bridgehead atoms. The molecule has 1 aromatic heterocycles. The molecule has 1 saturated heterocycles. The molecule has 1 N–H and O–H groups in total. The number of rotatable bonds is 5. The Morgan fingerprint density at radius 1 is 1.44 bits per heavy atom. The second kappa shape index (κ2) is 6.83. The number of nitrogens with zero attached hydrogens (tertiary/aromatic N) is 2. The molecule has 2 heterocycles. The van der Waals surface area contributed by atoms with Gasteiger partial charge < -0.3 is 10.1 Å². The third-order valence-electron chi connectivity index (χ3n) is 2.89. The van der Waals surface area contributed by atoms with Gasteiger partial charge in [0.2, 0.25) is 5.88 Å². The highest BCUT2D eigenvalue weighted by Gasteiger charge is 2.14. The highest BCUT2D eigenvalue weighted by molar-refractivity contribution is 7.99. The molecule has 18 heavy (non-hydrogen) atoms. The smallest absolute Gasteiger partial charge is 0.218 e. The molecule has 0 amide bonds. The average Bonchev–Trinajstić information content (AvgIpc) is 2.37. The van der Waals surface area contributed by atoms with E-state index in [1.54, 1.807) is 0 Å². The van der Waals surface area contributed by atoms with E-state index in [-0.39, 0.29) is 0 Å². The zero-order chi connectivity index (χ0) is 12.8. The Morgan fingerprint density at radius 3 is 3.06 bits per heavy atom. The van der Waals surface area contributed by atoms with E-state index >= 15 is 0 Å². The summed E-state index contributed by atoms with van der Waals surface area (Å²) in [5, 5.41) is 4.11. The molecule has 5 heteroatoms. The highest BCUT2D eigenvalue weighted by atomic mass is 32.2. The summed E-state index contributed by atoms with van der Waals surface area (Å²) in [4.78, 5) is 8.63. The van der Waals surface area contributed by atoms with Gasteiger partial charge >= 0.3 is 0 Å². The first-order valence-corrected chi connectivity index (χ1v) is 7.66. The van der Waals surface area contributed by atoms with Gasteiger partial charge in [0.15, 0.2) is 0 Å². The summed E-state index contributed by atoms with van der Waals surface area (Å²) in [5.74, 6) is 3.57. The van der Waals surface area contributed by atoms with E-state index in [0.29, 0.717) is 17.7 Å². The predicted molar refractivity (Wildman–Crippen MR) is 76.5 cm³/mol. The molecule has 100 valence electrons. The number of aromatic nitrogens is 2. The number of nitrogens with one attached hydrogen (secondary N) is 1. The van der Waals surface area contributed by atoms with Gasteiger partial charge in [-0.05, 0) is 32.4 Å². The summed E-state index contributed by atoms with van der Waals surface area (Å²) in [6.45, 7) is 5.47. The molecule has 0 aromatic carbocycles. The van der Waals surface area contributed by atoms with Crippen LogP contribution in [0.25, 0.3) is 0 Å². The number of anilines is 1. The average molecular weight is 267 g/mol. The molecule has 1 atom stereocenters. The highest BCUT2D eigenvalue weighted by Crippen LogP contribution is 2.25. The normalized spacial score (nSPS) is 19.6. The van der Waals surface area contributed by atoms with E-state index in [2.05, 4.69) is 27.0 Å². The van der Waals surface area contributed by atoms with E-state index in [1.165, 1.54) is 25.0 Å². The molecule has 1 aliphatic rings. The van der Waals surface area contributed by atoms with Gasteiger partial charge in [-0.25, -0.2) is 4.98 Å². The van der Waals surface area contributed by atoms with Gasteiger partial charge in [0.1, 0.15) is 11.6 Å². The number of thioether (sulfide) groups is 1. The Balaban J connectivity index is 1.91.